The highest BCUT2D eigenvalue weighted by Gasteiger charge is 2.33. The number of hydrogen-bond acceptors (Lipinski definition) is 5. The van der Waals surface area contributed by atoms with Crippen molar-refractivity contribution in [2.75, 3.05) is 13.1 Å². The molecule has 7 heteroatoms. The summed E-state index contributed by atoms with van der Waals surface area (Å²) >= 11 is 0. The summed E-state index contributed by atoms with van der Waals surface area (Å²) in [5, 5.41) is 29.5. The van der Waals surface area contributed by atoms with Crippen molar-refractivity contribution in [1.29, 1.82) is 0 Å². The zero-order valence-electron chi connectivity index (χ0n) is 10.3. The quantitative estimate of drug-likeness (QED) is 0.582. The first-order chi connectivity index (χ1) is 8.90. The van der Waals surface area contributed by atoms with Crippen LogP contribution in [-0.4, -0.2) is 51.2 Å². The van der Waals surface area contributed by atoms with Gasteiger partial charge in [-0.05, 0) is 18.6 Å². The second-order valence-electron chi connectivity index (χ2n) is 4.60. The van der Waals surface area contributed by atoms with Crippen molar-refractivity contribution in [3.63, 3.8) is 0 Å². The van der Waals surface area contributed by atoms with E-state index in [4.69, 9.17) is 0 Å². The third-order valence-electron chi connectivity index (χ3n) is 3.20. The Morgan fingerprint density at radius 2 is 1.95 bits per heavy atom. The van der Waals surface area contributed by atoms with Crippen molar-refractivity contribution >= 4 is 11.6 Å². The molecule has 2 rings (SSSR count). The van der Waals surface area contributed by atoms with E-state index >= 15 is 0 Å². The largest absolute Gasteiger partial charge is 0.388 e. The van der Waals surface area contributed by atoms with E-state index in [1.54, 1.807) is 6.92 Å². The minimum atomic E-state index is -0.942. The number of nitrogens with zero attached hydrogens (tertiary/aromatic N) is 2. The minimum Gasteiger partial charge on any atom is -0.388 e. The highest BCUT2D eigenvalue weighted by molar-refractivity contribution is 5.96. The highest BCUT2D eigenvalue weighted by Crippen LogP contribution is 2.20. The van der Waals surface area contributed by atoms with E-state index in [1.165, 1.54) is 23.1 Å². The second kappa shape index (κ2) is 4.94. The van der Waals surface area contributed by atoms with Crippen LogP contribution in [0.5, 0.6) is 0 Å². The number of β-amino-alcohol motifs (C(OH)–C–C–N with tert-alkyl or cyclic N) is 2. The van der Waals surface area contributed by atoms with Crippen LogP contribution < -0.4 is 0 Å². The van der Waals surface area contributed by atoms with Crippen LogP contribution >= 0.6 is 0 Å². The first-order valence-electron chi connectivity index (χ1n) is 5.80. The molecular weight excluding hydrogens is 252 g/mol. The van der Waals surface area contributed by atoms with E-state index in [0.717, 1.165) is 0 Å². The van der Waals surface area contributed by atoms with Crippen molar-refractivity contribution in [3.8, 4) is 0 Å². The summed E-state index contributed by atoms with van der Waals surface area (Å²) in [7, 11) is 0. The Bertz CT molecular complexity index is 521. The number of aryl methyl sites for hydroxylation is 1. The van der Waals surface area contributed by atoms with E-state index in [-0.39, 0.29) is 24.7 Å². The Labute approximate surface area is 109 Å². The van der Waals surface area contributed by atoms with Gasteiger partial charge in [-0.1, -0.05) is 0 Å². The van der Waals surface area contributed by atoms with Crippen molar-refractivity contribution < 1.29 is 19.9 Å². The van der Waals surface area contributed by atoms with Gasteiger partial charge in [-0.15, -0.1) is 0 Å². The molecule has 102 valence electrons. The molecule has 0 unspecified atom stereocenters. The van der Waals surface area contributed by atoms with Crippen LogP contribution in [0.4, 0.5) is 5.69 Å². The molecule has 1 saturated heterocycles. The standard InChI is InChI=1S/C12H14N2O5/c1-7-4-8(14(18)19)2-3-9(7)12(17)13-5-10(15)11(16)6-13/h2-4,10-11,15-16H,5-6H2,1H3/t10-,11+. The van der Waals surface area contributed by atoms with Gasteiger partial charge in [-0.2, -0.15) is 0 Å². The van der Waals surface area contributed by atoms with E-state index < -0.39 is 17.1 Å². The van der Waals surface area contributed by atoms with Crippen LogP contribution in [0.1, 0.15) is 15.9 Å². The fourth-order valence-electron chi connectivity index (χ4n) is 2.11. The first kappa shape index (κ1) is 13.4. The molecule has 19 heavy (non-hydrogen) atoms. The Hall–Kier alpha value is -1.99. The van der Waals surface area contributed by atoms with Gasteiger partial charge >= 0.3 is 0 Å². The monoisotopic (exact) mass is 266 g/mol. The molecule has 0 radical (unpaired) electrons. The maximum absolute atomic E-state index is 12.2. The molecule has 1 amide bonds. The molecule has 0 aromatic heterocycles. The second-order valence-corrected chi connectivity index (χ2v) is 4.60. The summed E-state index contributed by atoms with van der Waals surface area (Å²) in [5.74, 6) is -0.344. The third-order valence-corrected chi connectivity index (χ3v) is 3.20. The lowest BCUT2D eigenvalue weighted by Crippen LogP contribution is -2.30. The molecule has 7 nitrogen and oxygen atoms in total. The van der Waals surface area contributed by atoms with Crippen LogP contribution in [0.15, 0.2) is 18.2 Å². The average molecular weight is 266 g/mol. The molecular formula is C12H14N2O5. The van der Waals surface area contributed by atoms with Gasteiger partial charge in [-0.25, -0.2) is 0 Å². The zero-order chi connectivity index (χ0) is 14.2. The molecule has 0 aliphatic carbocycles. The van der Waals surface area contributed by atoms with Crippen molar-refractivity contribution in [1.82, 2.24) is 4.90 Å². The Balaban J connectivity index is 2.23. The van der Waals surface area contributed by atoms with Crippen LogP contribution in [-0.2, 0) is 0 Å². The Morgan fingerprint density at radius 1 is 1.37 bits per heavy atom. The number of non-ortho nitro benzene ring substituents is 1. The SMILES string of the molecule is Cc1cc([N+](=O)[O-])ccc1C(=O)N1C[C@@H](O)[C@@H](O)C1. The normalized spacial score (nSPS) is 22.6. The Morgan fingerprint density at radius 3 is 2.42 bits per heavy atom. The lowest BCUT2D eigenvalue weighted by Gasteiger charge is -2.16. The molecule has 1 heterocycles. The molecule has 2 atom stereocenters. The number of carbonyl (C=O) groups is 1. The lowest BCUT2D eigenvalue weighted by atomic mass is 10.1. The number of nitro groups is 1. The Kier molecular flexibility index (Phi) is 3.50. The number of aliphatic hydroxyl groups excluding tert-OH is 2. The molecule has 0 bridgehead atoms. The van der Waals surface area contributed by atoms with Gasteiger partial charge in [-0.3, -0.25) is 14.9 Å². The maximum atomic E-state index is 12.2. The van der Waals surface area contributed by atoms with Crippen LogP contribution in [0, 0.1) is 17.0 Å². The van der Waals surface area contributed by atoms with Gasteiger partial charge in [0.2, 0.25) is 0 Å². The van der Waals surface area contributed by atoms with Crippen molar-refractivity contribution in [2.24, 2.45) is 0 Å². The minimum absolute atomic E-state index is 0.0659. The predicted octanol–water partition coefficient (Wildman–Crippen LogP) is 0.0808. The molecule has 1 aliphatic heterocycles. The zero-order valence-corrected chi connectivity index (χ0v) is 10.3. The lowest BCUT2D eigenvalue weighted by molar-refractivity contribution is -0.384. The molecule has 2 N–H and O–H groups in total. The molecule has 1 aromatic carbocycles. The summed E-state index contributed by atoms with van der Waals surface area (Å²) in [5.41, 5.74) is 0.762. The summed E-state index contributed by atoms with van der Waals surface area (Å²) in [6.07, 6.45) is -1.88. The highest BCUT2D eigenvalue weighted by atomic mass is 16.6. The number of carbonyl (C=O) groups excluding carboxylic acids is 1. The van der Waals surface area contributed by atoms with E-state index in [1.807, 2.05) is 0 Å². The van der Waals surface area contributed by atoms with Gasteiger partial charge in [0.05, 0.1) is 17.1 Å². The number of rotatable bonds is 2. The maximum Gasteiger partial charge on any atom is 0.269 e. The molecule has 1 aliphatic rings. The summed E-state index contributed by atoms with van der Waals surface area (Å²) in [6, 6.07) is 3.99. The van der Waals surface area contributed by atoms with Gasteiger partial charge in [0, 0.05) is 30.8 Å². The fraction of sp³-hybridized carbons (Fsp3) is 0.417. The van der Waals surface area contributed by atoms with E-state index in [2.05, 4.69) is 0 Å². The smallest absolute Gasteiger partial charge is 0.269 e. The van der Waals surface area contributed by atoms with E-state index in [9.17, 15) is 25.1 Å². The first-order valence-corrected chi connectivity index (χ1v) is 5.80. The molecule has 1 fully saturated rings. The summed E-state index contributed by atoms with van der Waals surface area (Å²) < 4.78 is 0. The number of benzene rings is 1. The number of aliphatic hydroxyl groups is 2. The fourth-order valence-corrected chi connectivity index (χ4v) is 2.11. The summed E-state index contributed by atoms with van der Waals surface area (Å²) in [4.78, 5) is 23.6. The average Bonchev–Trinajstić information content (AvgIpc) is 2.68. The van der Waals surface area contributed by atoms with Crippen LogP contribution in [0.2, 0.25) is 0 Å². The molecule has 1 aromatic rings. The van der Waals surface area contributed by atoms with Crippen LogP contribution in [0.3, 0.4) is 0 Å². The van der Waals surface area contributed by atoms with Gasteiger partial charge < -0.3 is 15.1 Å². The number of hydrogen-bond donors (Lipinski definition) is 2. The molecule has 0 spiro atoms. The predicted molar refractivity (Wildman–Crippen MR) is 65.8 cm³/mol. The van der Waals surface area contributed by atoms with Gasteiger partial charge in [0.1, 0.15) is 0 Å². The van der Waals surface area contributed by atoms with Crippen molar-refractivity contribution in [2.45, 2.75) is 19.1 Å². The topological polar surface area (TPSA) is 104 Å². The van der Waals surface area contributed by atoms with E-state index in [0.29, 0.717) is 11.1 Å². The summed E-state index contributed by atoms with van der Waals surface area (Å²) in [6.45, 7) is 1.75. The van der Waals surface area contributed by atoms with Gasteiger partial charge in [0.15, 0.2) is 0 Å². The van der Waals surface area contributed by atoms with Gasteiger partial charge in [0.25, 0.3) is 11.6 Å². The van der Waals surface area contributed by atoms with Crippen LogP contribution in [0.25, 0.3) is 0 Å². The third kappa shape index (κ3) is 2.56. The number of amides is 1. The number of likely N-dealkylation sites (tertiary alicyclic amines) is 1. The number of nitro benzene ring substituents is 1. The van der Waals surface area contributed by atoms with Crippen molar-refractivity contribution in [3.05, 3.63) is 39.4 Å². The molecule has 0 saturated carbocycles.